The average Bonchev–Trinajstić information content (AvgIpc) is 2.15. The summed E-state index contributed by atoms with van der Waals surface area (Å²) in [5.74, 6) is -1.90. The van der Waals surface area contributed by atoms with Gasteiger partial charge in [-0.25, -0.2) is 0 Å². The van der Waals surface area contributed by atoms with Crippen molar-refractivity contribution < 1.29 is 18.0 Å². The Hall–Kier alpha value is -1.58. The van der Waals surface area contributed by atoms with Gasteiger partial charge in [-0.05, 0) is 5.56 Å². The second kappa shape index (κ2) is 3.65. The van der Waals surface area contributed by atoms with E-state index in [1.165, 1.54) is 12.1 Å². The largest absolute Gasteiger partial charge is 0.454 e. The Morgan fingerprint density at radius 2 is 1.64 bits per heavy atom. The van der Waals surface area contributed by atoms with E-state index in [0.717, 1.165) is 0 Å². The predicted octanol–water partition coefficient (Wildman–Crippen LogP) is 2.83. The van der Waals surface area contributed by atoms with Gasteiger partial charge in [-0.15, -0.1) is 0 Å². The number of benzene rings is 1. The predicted molar refractivity (Wildman–Crippen MR) is 46.5 cm³/mol. The molecular weight excluding hydrogens is 193 g/mol. The number of carbonyl (C=O) groups excluding carboxylic acids is 1. The molecule has 0 aliphatic carbocycles. The lowest BCUT2D eigenvalue weighted by Gasteiger charge is -2.07. The van der Waals surface area contributed by atoms with Gasteiger partial charge < -0.3 is 0 Å². The summed E-state index contributed by atoms with van der Waals surface area (Å²) in [5.41, 5.74) is -0.340. The maximum absolute atomic E-state index is 12.0. The monoisotopic (exact) mass is 200 g/mol. The second-order valence-electron chi connectivity index (χ2n) is 2.67. The molecule has 0 aliphatic rings. The number of rotatable bonds is 2. The molecule has 0 saturated heterocycles. The first-order valence-corrected chi connectivity index (χ1v) is 3.79. The van der Waals surface area contributed by atoms with Crippen molar-refractivity contribution in [2.75, 3.05) is 0 Å². The molecule has 0 bridgehead atoms. The fourth-order valence-electron chi connectivity index (χ4n) is 0.942. The summed E-state index contributed by atoms with van der Waals surface area (Å²) in [7, 11) is 0. The van der Waals surface area contributed by atoms with Crippen molar-refractivity contribution >= 4 is 11.4 Å². The van der Waals surface area contributed by atoms with E-state index in [1.807, 2.05) is 0 Å². The van der Waals surface area contributed by atoms with E-state index in [4.69, 9.17) is 0 Å². The van der Waals surface area contributed by atoms with Crippen LogP contribution in [0.25, 0.3) is 5.57 Å². The van der Waals surface area contributed by atoms with Crippen molar-refractivity contribution in [2.24, 2.45) is 0 Å². The molecule has 0 saturated carbocycles. The van der Waals surface area contributed by atoms with Gasteiger partial charge in [-0.1, -0.05) is 36.9 Å². The third kappa shape index (κ3) is 2.22. The van der Waals surface area contributed by atoms with E-state index in [2.05, 4.69) is 6.58 Å². The van der Waals surface area contributed by atoms with Crippen LogP contribution in [-0.2, 0) is 4.79 Å². The molecule has 0 atom stereocenters. The summed E-state index contributed by atoms with van der Waals surface area (Å²) in [6.45, 7) is 3.12. The van der Waals surface area contributed by atoms with Crippen molar-refractivity contribution in [1.82, 2.24) is 0 Å². The van der Waals surface area contributed by atoms with Gasteiger partial charge in [-0.2, -0.15) is 13.2 Å². The summed E-state index contributed by atoms with van der Waals surface area (Å²) < 4.78 is 35.9. The lowest BCUT2D eigenvalue weighted by Crippen LogP contribution is -2.23. The zero-order chi connectivity index (χ0) is 10.8. The molecule has 1 aromatic rings. The number of hydrogen-bond donors (Lipinski definition) is 0. The molecule has 0 aromatic heterocycles. The van der Waals surface area contributed by atoms with E-state index >= 15 is 0 Å². The molecular formula is C10H7F3O. The van der Waals surface area contributed by atoms with Crippen LogP contribution in [0.3, 0.4) is 0 Å². The lowest BCUT2D eigenvalue weighted by atomic mass is 10.0. The highest BCUT2D eigenvalue weighted by molar-refractivity contribution is 6.22. The number of ketones is 1. The normalized spacial score (nSPS) is 11.1. The van der Waals surface area contributed by atoms with E-state index in [-0.39, 0.29) is 5.56 Å². The Morgan fingerprint density at radius 1 is 1.14 bits per heavy atom. The van der Waals surface area contributed by atoms with Crippen LogP contribution in [0.2, 0.25) is 0 Å². The van der Waals surface area contributed by atoms with E-state index in [9.17, 15) is 18.0 Å². The number of halogens is 3. The maximum atomic E-state index is 12.0. The van der Waals surface area contributed by atoms with Crippen LogP contribution >= 0.6 is 0 Å². The smallest absolute Gasteiger partial charge is 0.284 e. The fraction of sp³-hybridized carbons (Fsp3) is 0.100. The van der Waals surface area contributed by atoms with Crippen LogP contribution in [0.4, 0.5) is 13.2 Å². The summed E-state index contributed by atoms with van der Waals surface area (Å²) in [5, 5.41) is 0. The highest BCUT2D eigenvalue weighted by Gasteiger charge is 2.40. The molecule has 0 amide bonds. The molecule has 74 valence electrons. The summed E-state index contributed by atoms with van der Waals surface area (Å²) in [4.78, 5) is 10.7. The van der Waals surface area contributed by atoms with Crippen molar-refractivity contribution in [3.8, 4) is 0 Å². The minimum absolute atomic E-state index is 0.190. The van der Waals surface area contributed by atoms with Crippen LogP contribution in [0.15, 0.2) is 36.9 Å². The van der Waals surface area contributed by atoms with Crippen LogP contribution < -0.4 is 0 Å². The zero-order valence-corrected chi connectivity index (χ0v) is 7.14. The molecule has 0 aliphatic heterocycles. The van der Waals surface area contributed by atoms with Gasteiger partial charge in [0.05, 0.1) is 0 Å². The Labute approximate surface area is 78.9 Å². The standard InChI is InChI=1S/C10H7F3O/c1-7(9(14)10(11,12)13)8-5-3-2-4-6-8/h2-6H,1H2. The van der Waals surface area contributed by atoms with Gasteiger partial charge in [0.25, 0.3) is 5.78 Å². The lowest BCUT2D eigenvalue weighted by molar-refractivity contribution is -0.164. The highest BCUT2D eigenvalue weighted by Crippen LogP contribution is 2.25. The van der Waals surface area contributed by atoms with Gasteiger partial charge in [0.1, 0.15) is 0 Å². The van der Waals surface area contributed by atoms with Crippen molar-refractivity contribution in [2.45, 2.75) is 6.18 Å². The van der Waals surface area contributed by atoms with Crippen molar-refractivity contribution in [1.29, 1.82) is 0 Å². The first-order chi connectivity index (χ1) is 6.43. The van der Waals surface area contributed by atoms with Crippen molar-refractivity contribution in [3.05, 3.63) is 42.5 Å². The molecule has 0 heterocycles. The Bertz CT molecular complexity index is 351. The Balaban J connectivity index is 2.93. The second-order valence-corrected chi connectivity index (χ2v) is 2.67. The summed E-state index contributed by atoms with van der Waals surface area (Å²) >= 11 is 0. The number of allylic oxidation sites excluding steroid dienone is 1. The Morgan fingerprint density at radius 3 is 2.07 bits per heavy atom. The maximum Gasteiger partial charge on any atom is 0.454 e. The summed E-state index contributed by atoms with van der Waals surface area (Å²) in [6, 6.07) is 7.56. The molecule has 0 spiro atoms. The molecule has 1 nitrogen and oxygen atoms in total. The Kier molecular flexibility index (Phi) is 2.74. The van der Waals surface area contributed by atoms with Crippen molar-refractivity contribution in [3.63, 3.8) is 0 Å². The average molecular weight is 200 g/mol. The minimum Gasteiger partial charge on any atom is -0.284 e. The van der Waals surface area contributed by atoms with Gasteiger partial charge in [0.2, 0.25) is 0 Å². The van der Waals surface area contributed by atoms with Crippen LogP contribution in [0.5, 0.6) is 0 Å². The van der Waals surface area contributed by atoms with Gasteiger partial charge in [0, 0.05) is 5.57 Å². The molecule has 0 radical (unpaired) electrons. The third-order valence-electron chi connectivity index (χ3n) is 1.65. The quantitative estimate of drug-likeness (QED) is 0.671. The minimum atomic E-state index is -4.85. The first-order valence-electron chi connectivity index (χ1n) is 3.79. The molecule has 1 rings (SSSR count). The third-order valence-corrected chi connectivity index (χ3v) is 1.65. The molecule has 0 unspecified atom stereocenters. The van der Waals surface area contributed by atoms with E-state index in [0.29, 0.717) is 0 Å². The van der Waals surface area contributed by atoms with E-state index < -0.39 is 17.5 Å². The summed E-state index contributed by atoms with van der Waals surface area (Å²) in [6.07, 6.45) is -4.85. The highest BCUT2D eigenvalue weighted by atomic mass is 19.4. The number of alkyl halides is 3. The fourth-order valence-corrected chi connectivity index (χ4v) is 0.942. The number of hydrogen-bond acceptors (Lipinski definition) is 1. The molecule has 14 heavy (non-hydrogen) atoms. The SMILES string of the molecule is C=C(C(=O)C(F)(F)F)c1ccccc1. The van der Waals surface area contributed by atoms with Crippen LogP contribution in [0.1, 0.15) is 5.56 Å². The van der Waals surface area contributed by atoms with E-state index in [1.54, 1.807) is 18.2 Å². The molecule has 0 fully saturated rings. The molecule has 0 N–H and O–H groups in total. The van der Waals surface area contributed by atoms with Gasteiger partial charge >= 0.3 is 6.18 Å². The van der Waals surface area contributed by atoms with Gasteiger partial charge in [0.15, 0.2) is 0 Å². The number of carbonyl (C=O) groups is 1. The zero-order valence-electron chi connectivity index (χ0n) is 7.14. The topological polar surface area (TPSA) is 17.1 Å². The van der Waals surface area contributed by atoms with Crippen LogP contribution in [0, 0.1) is 0 Å². The molecule has 4 heteroatoms. The first kappa shape index (κ1) is 10.5. The molecule has 1 aromatic carbocycles. The van der Waals surface area contributed by atoms with Crippen LogP contribution in [-0.4, -0.2) is 12.0 Å². The number of Topliss-reactive ketones (excluding diaryl/α,β-unsaturated/α-hetero) is 1. The van der Waals surface area contributed by atoms with Gasteiger partial charge in [-0.3, -0.25) is 4.79 Å².